The van der Waals surface area contributed by atoms with Crippen molar-refractivity contribution in [3.63, 3.8) is 0 Å². The highest BCUT2D eigenvalue weighted by molar-refractivity contribution is 7.90. The third-order valence-corrected chi connectivity index (χ3v) is 4.98. The van der Waals surface area contributed by atoms with Gasteiger partial charge in [0, 0.05) is 28.8 Å². The Morgan fingerprint density at radius 2 is 2.05 bits per heavy atom. The molecular formula is C16H22FN3OS. The van der Waals surface area contributed by atoms with E-state index in [4.69, 9.17) is 0 Å². The molecule has 0 aliphatic heterocycles. The van der Waals surface area contributed by atoms with Gasteiger partial charge in [0.25, 0.3) is 0 Å². The van der Waals surface area contributed by atoms with Crippen molar-refractivity contribution in [2.24, 2.45) is 0 Å². The number of hydrogen-bond acceptors (Lipinski definition) is 3. The maximum absolute atomic E-state index is 14.1. The highest BCUT2D eigenvalue weighted by Gasteiger charge is 2.29. The van der Waals surface area contributed by atoms with E-state index in [2.05, 4.69) is 9.71 Å². The summed E-state index contributed by atoms with van der Waals surface area (Å²) >= 11 is -1.26. The van der Waals surface area contributed by atoms with Gasteiger partial charge >= 0.3 is 0 Å². The molecule has 2 rings (SSSR count). The van der Waals surface area contributed by atoms with Gasteiger partial charge in [-0.1, -0.05) is 0 Å². The normalized spacial score (nSPS) is 14.9. The van der Waals surface area contributed by atoms with Gasteiger partial charge in [-0.15, -0.1) is 4.72 Å². The SMILES string of the molecule is Cc1cn(-c2ccc(F)c([C@@H](C)N[S+]([O-])C(C)(C)C)c2)cn1. The summed E-state index contributed by atoms with van der Waals surface area (Å²) in [5.41, 5.74) is 2.21. The van der Waals surface area contributed by atoms with Gasteiger partial charge in [-0.3, -0.25) is 0 Å². The molecule has 0 bridgehead atoms. The number of hydrogen-bond donors (Lipinski definition) is 1. The molecule has 120 valence electrons. The first-order valence-corrected chi connectivity index (χ1v) is 8.32. The van der Waals surface area contributed by atoms with Crippen LogP contribution in [0.1, 0.15) is 45.0 Å². The van der Waals surface area contributed by atoms with Gasteiger partial charge in [0.05, 0.1) is 18.1 Å². The lowest BCUT2D eigenvalue weighted by atomic mass is 10.1. The van der Waals surface area contributed by atoms with Gasteiger partial charge in [-0.2, -0.15) is 0 Å². The van der Waals surface area contributed by atoms with Crippen molar-refractivity contribution >= 4 is 11.4 Å². The minimum Gasteiger partial charge on any atom is -0.598 e. The van der Waals surface area contributed by atoms with Gasteiger partial charge in [0.1, 0.15) is 10.6 Å². The molecule has 1 aromatic carbocycles. The van der Waals surface area contributed by atoms with Crippen molar-refractivity contribution in [1.29, 1.82) is 0 Å². The van der Waals surface area contributed by atoms with E-state index in [0.717, 1.165) is 11.4 Å². The van der Waals surface area contributed by atoms with Crippen LogP contribution in [0, 0.1) is 12.7 Å². The monoisotopic (exact) mass is 323 g/mol. The first kappa shape index (κ1) is 17.0. The van der Waals surface area contributed by atoms with Crippen molar-refractivity contribution < 1.29 is 8.94 Å². The summed E-state index contributed by atoms with van der Waals surface area (Å²) in [5.74, 6) is -0.313. The topological polar surface area (TPSA) is 52.9 Å². The van der Waals surface area contributed by atoms with Crippen LogP contribution in [0.15, 0.2) is 30.7 Å². The number of rotatable bonds is 4. The summed E-state index contributed by atoms with van der Waals surface area (Å²) in [4.78, 5) is 4.18. The Morgan fingerprint density at radius 1 is 1.36 bits per heavy atom. The second kappa shape index (κ2) is 6.40. The first-order valence-electron chi connectivity index (χ1n) is 7.17. The molecule has 4 nitrogen and oxygen atoms in total. The van der Waals surface area contributed by atoms with Crippen LogP contribution in [0.2, 0.25) is 0 Å². The Morgan fingerprint density at radius 3 is 2.59 bits per heavy atom. The van der Waals surface area contributed by atoms with Crippen molar-refractivity contribution in [1.82, 2.24) is 14.3 Å². The molecular weight excluding hydrogens is 301 g/mol. The molecule has 0 spiro atoms. The molecule has 1 heterocycles. The average Bonchev–Trinajstić information content (AvgIpc) is 2.84. The zero-order valence-electron chi connectivity index (χ0n) is 13.6. The van der Waals surface area contributed by atoms with Crippen molar-refractivity contribution in [3.05, 3.63) is 47.8 Å². The number of benzene rings is 1. The summed E-state index contributed by atoms with van der Waals surface area (Å²) in [6, 6.07) is 4.53. The Kier molecular flexibility index (Phi) is 4.94. The molecule has 0 saturated heterocycles. The zero-order valence-corrected chi connectivity index (χ0v) is 14.4. The van der Waals surface area contributed by atoms with E-state index in [9.17, 15) is 8.94 Å². The molecule has 0 radical (unpaired) electrons. The van der Waals surface area contributed by atoms with Crippen LogP contribution >= 0.6 is 0 Å². The summed E-state index contributed by atoms with van der Waals surface area (Å²) in [5, 5.41) is 0. The van der Waals surface area contributed by atoms with Crippen molar-refractivity contribution in [3.8, 4) is 5.69 Å². The van der Waals surface area contributed by atoms with Gasteiger partial charge < -0.3 is 9.12 Å². The van der Waals surface area contributed by atoms with Crippen LogP contribution in [-0.4, -0.2) is 18.9 Å². The molecule has 0 aliphatic carbocycles. The first-order chi connectivity index (χ1) is 10.2. The quantitative estimate of drug-likeness (QED) is 0.877. The van der Waals surface area contributed by atoms with Gasteiger partial charge in [-0.25, -0.2) is 9.37 Å². The lowest BCUT2D eigenvalue weighted by molar-refractivity contribution is 0.522. The lowest BCUT2D eigenvalue weighted by Gasteiger charge is -2.26. The minimum atomic E-state index is -1.26. The predicted molar refractivity (Wildman–Crippen MR) is 87.7 cm³/mol. The second-order valence-electron chi connectivity index (χ2n) is 6.35. The smallest absolute Gasteiger partial charge is 0.136 e. The highest BCUT2D eigenvalue weighted by atomic mass is 32.2. The molecule has 1 aromatic heterocycles. The molecule has 0 amide bonds. The van der Waals surface area contributed by atoms with Crippen LogP contribution < -0.4 is 4.72 Å². The van der Waals surface area contributed by atoms with E-state index >= 15 is 0 Å². The third-order valence-electron chi connectivity index (χ3n) is 3.30. The minimum absolute atomic E-state index is 0.313. The third kappa shape index (κ3) is 3.88. The van der Waals surface area contributed by atoms with E-state index in [1.807, 2.05) is 45.4 Å². The number of nitrogens with zero attached hydrogens (tertiary/aromatic N) is 2. The Labute approximate surface area is 134 Å². The van der Waals surface area contributed by atoms with Crippen LogP contribution in [-0.2, 0) is 11.4 Å². The van der Waals surface area contributed by atoms with Crippen LogP contribution in [0.5, 0.6) is 0 Å². The average molecular weight is 323 g/mol. The molecule has 0 aliphatic rings. The summed E-state index contributed by atoms with van der Waals surface area (Å²) in [6.45, 7) is 9.35. The highest BCUT2D eigenvalue weighted by Crippen LogP contribution is 2.24. The molecule has 2 atom stereocenters. The van der Waals surface area contributed by atoms with E-state index < -0.39 is 16.1 Å². The van der Waals surface area contributed by atoms with E-state index in [1.54, 1.807) is 18.5 Å². The summed E-state index contributed by atoms with van der Waals surface area (Å²) in [6.07, 6.45) is 3.57. The Balaban J connectivity index is 2.27. The molecule has 22 heavy (non-hydrogen) atoms. The van der Waals surface area contributed by atoms with Gasteiger partial charge in [0.15, 0.2) is 0 Å². The Bertz CT molecular complexity index is 651. The largest absolute Gasteiger partial charge is 0.598 e. The maximum Gasteiger partial charge on any atom is 0.136 e. The van der Waals surface area contributed by atoms with E-state index in [0.29, 0.717) is 5.56 Å². The fourth-order valence-electron chi connectivity index (χ4n) is 1.99. The fourth-order valence-corrected chi connectivity index (χ4v) is 2.79. The number of nitrogens with one attached hydrogen (secondary N) is 1. The lowest BCUT2D eigenvalue weighted by Crippen LogP contribution is -2.40. The van der Waals surface area contributed by atoms with Crippen LogP contribution in [0.25, 0.3) is 5.69 Å². The maximum atomic E-state index is 14.1. The van der Waals surface area contributed by atoms with Crippen LogP contribution in [0.3, 0.4) is 0 Å². The van der Waals surface area contributed by atoms with E-state index in [1.165, 1.54) is 6.07 Å². The molecule has 1 unspecified atom stereocenters. The van der Waals surface area contributed by atoms with Gasteiger partial charge in [-0.05, 0) is 52.8 Å². The zero-order chi connectivity index (χ0) is 16.5. The summed E-state index contributed by atoms with van der Waals surface area (Å²) < 4.78 is 30.7. The molecule has 1 N–H and O–H groups in total. The second-order valence-corrected chi connectivity index (χ2v) is 8.35. The molecule has 2 aromatic rings. The number of imidazole rings is 1. The predicted octanol–water partition coefficient (Wildman–Crippen LogP) is 3.43. The molecule has 6 heteroatoms. The summed E-state index contributed by atoms with van der Waals surface area (Å²) in [7, 11) is 0. The number of aromatic nitrogens is 2. The number of aryl methyl sites for hydroxylation is 1. The van der Waals surface area contributed by atoms with Gasteiger partial charge in [0.2, 0.25) is 0 Å². The van der Waals surface area contributed by atoms with Crippen molar-refractivity contribution in [2.75, 3.05) is 0 Å². The fraction of sp³-hybridized carbons (Fsp3) is 0.438. The molecule has 0 saturated carbocycles. The molecule has 0 fully saturated rings. The standard InChI is InChI=1S/C16H22FN3OS/c1-11-9-20(10-18-11)13-6-7-15(17)14(8-13)12(2)19-22(21)16(3,4)5/h6-10,12,19H,1-5H3/t12-,22?/m1/s1. The Hall–Kier alpha value is -1.37. The van der Waals surface area contributed by atoms with Crippen molar-refractivity contribution in [2.45, 2.75) is 45.4 Å². The number of halogens is 1. The van der Waals surface area contributed by atoms with Crippen LogP contribution in [0.4, 0.5) is 4.39 Å². The van der Waals surface area contributed by atoms with E-state index in [-0.39, 0.29) is 11.9 Å².